The maximum atomic E-state index is 7.70. The first-order valence-electron chi connectivity index (χ1n) is 16.5. The van der Waals surface area contributed by atoms with Crippen LogP contribution in [0.2, 0.25) is 0 Å². The highest BCUT2D eigenvalue weighted by Crippen LogP contribution is 2.55. The fourth-order valence-corrected chi connectivity index (χ4v) is 12.9. The van der Waals surface area contributed by atoms with E-state index in [0.717, 1.165) is 50.5 Å². The maximum absolute atomic E-state index is 7.70. The van der Waals surface area contributed by atoms with Gasteiger partial charge in [0.2, 0.25) is 0 Å². The Bertz CT molecular complexity index is 2940. The van der Waals surface area contributed by atoms with Crippen molar-refractivity contribution in [1.29, 1.82) is 0 Å². The van der Waals surface area contributed by atoms with Crippen LogP contribution in [0.4, 0.5) is 0 Å². The van der Waals surface area contributed by atoms with Crippen LogP contribution in [0.1, 0.15) is 0 Å². The van der Waals surface area contributed by atoms with Crippen LogP contribution < -0.4 is 8.85 Å². The van der Waals surface area contributed by atoms with E-state index in [1.807, 2.05) is 0 Å². The van der Waals surface area contributed by atoms with Crippen LogP contribution in [-0.2, 0) is 0 Å². The predicted octanol–water partition coefficient (Wildman–Crippen LogP) is 10.3. The normalized spacial score (nSPS) is 14.8. The second-order valence-corrected chi connectivity index (χ2v) is 15.6. The molecule has 0 bridgehead atoms. The fraction of sp³-hybridized carbons (Fsp3) is 0. The summed E-state index contributed by atoms with van der Waals surface area (Å²) in [5.74, 6) is 1.70. The fourth-order valence-electron chi connectivity index (χ4n) is 9.28. The van der Waals surface area contributed by atoms with Crippen molar-refractivity contribution in [3.63, 3.8) is 0 Å². The number of fused-ring (bicyclic) bond motifs is 6. The van der Waals surface area contributed by atoms with Gasteiger partial charge in [-0.15, -0.1) is 0 Å². The van der Waals surface area contributed by atoms with Crippen molar-refractivity contribution in [3.05, 3.63) is 140 Å². The topological polar surface area (TPSA) is 33.2 Å². The van der Waals surface area contributed by atoms with Crippen LogP contribution >= 0.6 is 0 Å². The third-order valence-electron chi connectivity index (χ3n) is 11.0. The summed E-state index contributed by atoms with van der Waals surface area (Å²) in [5.41, 5.74) is 12.7. The van der Waals surface area contributed by atoms with Crippen LogP contribution in [0.5, 0.6) is 11.5 Å². The van der Waals surface area contributed by atoms with Gasteiger partial charge >= 0.3 is 8.88 Å². The number of para-hydroxylation sites is 5. The molecule has 0 aliphatic carbocycles. The second-order valence-electron chi connectivity index (χ2n) is 13.2. The zero-order chi connectivity index (χ0) is 30.9. The minimum absolute atomic E-state index is 0.848. The molecule has 0 atom stereocenters. The number of hydrogen-bond donors (Lipinski definition) is 0. The molecular weight excluding hydrogens is 607 g/mol. The van der Waals surface area contributed by atoms with Crippen molar-refractivity contribution in [1.82, 2.24) is 13.0 Å². The Kier molecular flexibility index (Phi) is 3.91. The van der Waals surface area contributed by atoms with Gasteiger partial charge in [-0.05, 0) is 36.4 Å². The summed E-state index contributed by atoms with van der Waals surface area (Å²) in [6.07, 6.45) is 0. The molecule has 0 fully saturated rings. The van der Waals surface area contributed by atoms with Gasteiger partial charge in [0.15, 0.2) is 0 Å². The first kappa shape index (κ1) is 24.0. The Morgan fingerprint density at radius 1 is 0.375 bits per heavy atom. The molecule has 48 heavy (non-hydrogen) atoms. The summed E-state index contributed by atoms with van der Waals surface area (Å²) >= 11 is 0. The largest absolute Gasteiger partial charge is 0.733 e. The first-order valence-corrected chi connectivity index (χ1v) is 18.2. The summed E-state index contributed by atoms with van der Waals surface area (Å²) in [4.78, 5) is 0. The van der Waals surface area contributed by atoms with Gasteiger partial charge in [0, 0.05) is 60.3 Å². The molecule has 10 aromatic rings. The molecule has 13 rings (SSSR count). The highest BCUT2D eigenvalue weighted by Gasteiger charge is 2.59. The van der Waals surface area contributed by atoms with Gasteiger partial charge in [0.25, 0.3) is 0 Å². The molecule has 0 N–H and O–H groups in total. The van der Waals surface area contributed by atoms with E-state index in [2.05, 4.69) is 153 Å². The van der Waals surface area contributed by atoms with Crippen LogP contribution in [0.15, 0.2) is 140 Å². The Hall–Kier alpha value is -6.24. The number of benzene rings is 7. The van der Waals surface area contributed by atoms with Crippen LogP contribution in [0, 0.1) is 0 Å². The zero-order valence-corrected chi connectivity index (χ0v) is 26.4. The van der Waals surface area contributed by atoms with Gasteiger partial charge in [-0.1, -0.05) is 103 Å². The maximum Gasteiger partial charge on any atom is 0.733 e. The molecule has 7 aromatic carbocycles. The van der Waals surface area contributed by atoms with E-state index in [4.69, 9.17) is 8.85 Å². The quantitative estimate of drug-likeness (QED) is 0.169. The van der Waals surface area contributed by atoms with Crippen molar-refractivity contribution in [3.8, 4) is 39.4 Å². The van der Waals surface area contributed by atoms with E-state index in [9.17, 15) is 0 Å². The number of aromatic nitrogens is 3. The second kappa shape index (κ2) is 7.82. The molecule has 6 heteroatoms. The highest BCUT2D eigenvalue weighted by atomic mass is 28.4. The molecule has 5 nitrogen and oxygen atoms in total. The summed E-state index contributed by atoms with van der Waals surface area (Å²) in [5, 5.41) is 7.35. The van der Waals surface area contributed by atoms with Crippen LogP contribution in [-0.4, -0.2) is 21.9 Å². The van der Waals surface area contributed by atoms with E-state index < -0.39 is 8.88 Å². The zero-order valence-electron chi connectivity index (χ0n) is 25.4. The standard InChI is InChI=1S/C42H23N3O2Si/c1-2-10-24(11-3-1)43-33-22-20-31-29-16-8-14-27-25-12-4-6-18-35(25)46-48-44(39(27)29)41(31)37(33)38-34(43)23-21-32-30-17-9-15-28(40(30)45(48)42(32)38)26-13-5-7-19-36(26)47-48/h1-23H. The van der Waals surface area contributed by atoms with Crippen LogP contribution in [0.3, 0.4) is 0 Å². The predicted molar refractivity (Wildman–Crippen MR) is 195 cm³/mol. The van der Waals surface area contributed by atoms with Gasteiger partial charge in [-0.3, -0.25) is 8.47 Å². The molecule has 0 unspecified atom stereocenters. The average Bonchev–Trinajstić information content (AvgIpc) is 3.70. The van der Waals surface area contributed by atoms with Crippen molar-refractivity contribution < 1.29 is 8.85 Å². The average molecular weight is 630 g/mol. The summed E-state index contributed by atoms with van der Waals surface area (Å²) in [6.45, 7) is 0. The van der Waals surface area contributed by atoms with E-state index in [0.29, 0.717) is 0 Å². The molecule has 6 heterocycles. The Balaban J connectivity index is 1.42. The van der Waals surface area contributed by atoms with Crippen molar-refractivity contribution in [2.75, 3.05) is 0 Å². The minimum atomic E-state index is -3.74. The number of nitrogens with zero attached hydrogens (tertiary/aromatic N) is 3. The molecule has 0 saturated heterocycles. The van der Waals surface area contributed by atoms with Gasteiger partial charge < -0.3 is 13.4 Å². The van der Waals surface area contributed by atoms with E-state index >= 15 is 0 Å². The Morgan fingerprint density at radius 3 is 1.38 bits per heavy atom. The third-order valence-corrected chi connectivity index (χ3v) is 14.0. The smallest absolute Gasteiger partial charge is 0.480 e. The van der Waals surface area contributed by atoms with Gasteiger partial charge in [-0.25, -0.2) is 0 Å². The monoisotopic (exact) mass is 629 g/mol. The van der Waals surface area contributed by atoms with Gasteiger partial charge in [0.05, 0.1) is 33.1 Å². The summed E-state index contributed by atoms with van der Waals surface area (Å²) in [7, 11) is -3.74. The number of rotatable bonds is 1. The molecule has 3 aliphatic heterocycles. The molecule has 3 aromatic heterocycles. The highest BCUT2D eigenvalue weighted by molar-refractivity contribution is 6.72. The summed E-state index contributed by atoms with van der Waals surface area (Å²) < 4.78 is 22.9. The molecule has 0 radical (unpaired) electrons. The lowest BCUT2D eigenvalue weighted by Crippen LogP contribution is -2.61. The third kappa shape index (κ3) is 2.46. The molecule has 1 spiro atoms. The molecule has 0 amide bonds. The molecule has 3 aliphatic rings. The molecule has 0 saturated carbocycles. The van der Waals surface area contributed by atoms with Crippen molar-refractivity contribution in [2.24, 2.45) is 0 Å². The lowest BCUT2D eigenvalue weighted by molar-refractivity contribution is 0.361. The Morgan fingerprint density at radius 2 is 0.833 bits per heavy atom. The number of hydrogen-bond acceptors (Lipinski definition) is 2. The van der Waals surface area contributed by atoms with E-state index in [1.54, 1.807) is 0 Å². The Labute approximate surface area is 274 Å². The van der Waals surface area contributed by atoms with Crippen molar-refractivity contribution in [2.45, 2.75) is 0 Å². The SMILES string of the molecule is c1ccc(-n2c3ccc4c5cccc6c5n5c4c3c3c2ccc2c4cccc7c4n(c23)[Si]5(Oc2ccccc2-6)Oc2ccccc2-7)cc1. The van der Waals surface area contributed by atoms with Gasteiger partial charge in [-0.2, -0.15) is 0 Å². The van der Waals surface area contributed by atoms with Crippen LogP contribution in [0.25, 0.3) is 93.4 Å². The summed E-state index contributed by atoms with van der Waals surface area (Å²) in [6, 6.07) is 50.5. The van der Waals surface area contributed by atoms with Gasteiger partial charge in [0.1, 0.15) is 11.5 Å². The molecular formula is C42H23N3O2Si. The lowest BCUT2D eigenvalue weighted by atomic mass is 10.0. The van der Waals surface area contributed by atoms with Crippen molar-refractivity contribution >= 4 is 74.3 Å². The lowest BCUT2D eigenvalue weighted by Gasteiger charge is -2.32. The molecule has 222 valence electrons. The minimum Gasteiger partial charge on any atom is -0.480 e. The van der Waals surface area contributed by atoms with E-state index in [1.165, 1.54) is 54.4 Å². The van der Waals surface area contributed by atoms with E-state index in [-0.39, 0.29) is 0 Å². The first-order chi connectivity index (χ1) is 23.8.